The molecule has 2 rings (SSSR count). The van der Waals surface area contributed by atoms with Gasteiger partial charge in [0, 0.05) is 0 Å². The number of benzene rings is 1. The molecule has 0 aliphatic heterocycles. The van der Waals surface area contributed by atoms with E-state index in [0.29, 0.717) is 0 Å². The van der Waals surface area contributed by atoms with E-state index in [-0.39, 0.29) is 11.5 Å². The van der Waals surface area contributed by atoms with E-state index in [1.807, 2.05) is 0 Å². The number of rotatable bonds is 3. The maximum atomic E-state index is 5.59. The van der Waals surface area contributed by atoms with Gasteiger partial charge in [-0.1, -0.05) is 45.0 Å². The van der Waals surface area contributed by atoms with E-state index in [4.69, 9.17) is 5.84 Å². The van der Waals surface area contributed by atoms with Crippen LogP contribution in [0.2, 0.25) is 0 Å². The molecule has 0 bridgehead atoms. The zero-order valence-corrected chi connectivity index (χ0v) is 10.9. The minimum Gasteiger partial charge on any atom is -0.271 e. The number of hydrogen-bond donors (Lipinski definition) is 3. The number of hydrogen-bond acceptors (Lipinski definition) is 4. The molecule has 0 saturated carbocycles. The fraction of sp³-hybridized carbons (Fsp3) is 0.385. The summed E-state index contributed by atoms with van der Waals surface area (Å²) < 4.78 is 0. The van der Waals surface area contributed by atoms with Crippen molar-refractivity contribution < 1.29 is 0 Å². The fourth-order valence-corrected chi connectivity index (χ4v) is 1.88. The van der Waals surface area contributed by atoms with Crippen molar-refractivity contribution in [3.63, 3.8) is 0 Å². The Hall–Kier alpha value is -1.72. The molecule has 0 saturated heterocycles. The third-order valence-corrected chi connectivity index (χ3v) is 3.01. The standard InChI is InChI=1S/C13H19N5/c1-13(2,3)10-6-4-9(5-7-10)12(16-14)11-8-15-18-17-11/h4-8,12,16H,14H2,1-3H3,(H,15,17,18). The van der Waals surface area contributed by atoms with Gasteiger partial charge in [-0.15, -0.1) is 0 Å². The van der Waals surface area contributed by atoms with Crippen LogP contribution in [0, 0.1) is 0 Å². The summed E-state index contributed by atoms with van der Waals surface area (Å²) in [6, 6.07) is 8.25. The van der Waals surface area contributed by atoms with Crippen LogP contribution in [0.25, 0.3) is 0 Å². The average molecular weight is 245 g/mol. The number of nitrogens with zero attached hydrogens (tertiary/aromatic N) is 2. The molecule has 18 heavy (non-hydrogen) atoms. The van der Waals surface area contributed by atoms with Crippen LogP contribution in [0.1, 0.15) is 43.6 Å². The maximum absolute atomic E-state index is 5.59. The Labute approximate surface area is 107 Å². The smallest absolute Gasteiger partial charge is 0.105 e. The number of nitrogens with one attached hydrogen (secondary N) is 2. The summed E-state index contributed by atoms with van der Waals surface area (Å²) in [4.78, 5) is 0. The van der Waals surface area contributed by atoms with Gasteiger partial charge in [0.25, 0.3) is 0 Å². The minimum absolute atomic E-state index is 0.141. The Bertz CT molecular complexity index is 481. The lowest BCUT2D eigenvalue weighted by Gasteiger charge is -2.20. The quantitative estimate of drug-likeness (QED) is 0.567. The molecule has 4 N–H and O–H groups in total. The van der Waals surface area contributed by atoms with Crippen molar-refractivity contribution >= 4 is 0 Å². The molecule has 1 unspecified atom stereocenters. The summed E-state index contributed by atoms with van der Waals surface area (Å²) >= 11 is 0. The maximum Gasteiger partial charge on any atom is 0.105 e. The number of aromatic amines is 1. The van der Waals surface area contributed by atoms with E-state index in [9.17, 15) is 0 Å². The first kappa shape index (κ1) is 12.7. The van der Waals surface area contributed by atoms with Crippen LogP contribution in [0.3, 0.4) is 0 Å². The zero-order valence-electron chi connectivity index (χ0n) is 10.9. The summed E-state index contributed by atoms with van der Waals surface area (Å²) in [6.45, 7) is 6.58. The Morgan fingerprint density at radius 2 is 1.89 bits per heavy atom. The van der Waals surface area contributed by atoms with Crippen molar-refractivity contribution in [3.8, 4) is 0 Å². The number of aromatic nitrogens is 3. The molecule has 5 nitrogen and oxygen atoms in total. The van der Waals surface area contributed by atoms with Gasteiger partial charge in [0.05, 0.1) is 12.2 Å². The van der Waals surface area contributed by atoms with Crippen molar-refractivity contribution in [1.29, 1.82) is 0 Å². The van der Waals surface area contributed by atoms with Crippen molar-refractivity contribution in [3.05, 3.63) is 47.3 Å². The van der Waals surface area contributed by atoms with Crippen LogP contribution in [-0.2, 0) is 5.41 Å². The molecule has 1 atom stereocenters. The van der Waals surface area contributed by atoms with Crippen LogP contribution < -0.4 is 11.3 Å². The van der Waals surface area contributed by atoms with Gasteiger partial charge in [0.2, 0.25) is 0 Å². The molecule has 1 aromatic heterocycles. The van der Waals surface area contributed by atoms with E-state index in [2.05, 4.69) is 65.9 Å². The lowest BCUT2D eigenvalue weighted by atomic mass is 9.86. The third-order valence-electron chi connectivity index (χ3n) is 3.01. The molecule has 96 valence electrons. The first-order valence-electron chi connectivity index (χ1n) is 5.94. The number of hydrazine groups is 1. The highest BCUT2D eigenvalue weighted by molar-refractivity contribution is 5.32. The Morgan fingerprint density at radius 1 is 1.22 bits per heavy atom. The van der Waals surface area contributed by atoms with Gasteiger partial charge in [-0.25, -0.2) is 5.43 Å². The van der Waals surface area contributed by atoms with Crippen LogP contribution in [0.5, 0.6) is 0 Å². The molecule has 1 aromatic carbocycles. The van der Waals surface area contributed by atoms with Gasteiger partial charge in [0.15, 0.2) is 0 Å². The Balaban J connectivity index is 2.28. The van der Waals surface area contributed by atoms with E-state index < -0.39 is 0 Å². The second kappa shape index (κ2) is 4.88. The molecule has 1 heterocycles. The largest absolute Gasteiger partial charge is 0.271 e. The molecule has 5 heteroatoms. The van der Waals surface area contributed by atoms with Crippen molar-refractivity contribution in [2.24, 2.45) is 5.84 Å². The molecule has 0 spiro atoms. The van der Waals surface area contributed by atoms with E-state index in [1.54, 1.807) is 6.20 Å². The summed E-state index contributed by atoms with van der Waals surface area (Å²) in [6.07, 6.45) is 1.67. The van der Waals surface area contributed by atoms with Gasteiger partial charge in [0.1, 0.15) is 5.69 Å². The SMILES string of the molecule is CC(C)(C)c1ccc(C(NN)c2cn[nH]n2)cc1. The molecule has 0 radical (unpaired) electrons. The first-order chi connectivity index (χ1) is 8.52. The van der Waals surface area contributed by atoms with E-state index in [0.717, 1.165) is 11.3 Å². The van der Waals surface area contributed by atoms with Crippen LogP contribution >= 0.6 is 0 Å². The van der Waals surface area contributed by atoms with Crippen LogP contribution in [0.15, 0.2) is 30.5 Å². The highest BCUT2D eigenvalue weighted by atomic mass is 15.3. The molecule has 0 fully saturated rings. The topological polar surface area (TPSA) is 79.6 Å². The number of nitrogens with two attached hydrogens (primary N) is 1. The third kappa shape index (κ3) is 2.57. The molecule has 0 aliphatic carbocycles. The van der Waals surface area contributed by atoms with Gasteiger partial charge in [-0.05, 0) is 16.5 Å². The lowest BCUT2D eigenvalue weighted by Crippen LogP contribution is -2.29. The van der Waals surface area contributed by atoms with Gasteiger partial charge >= 0.3 is 0 Å². The summed E-state index contributed by atoms with van der Waals surface area (Å²) in [5.41, 5.74) is 6.05. The summed E-state index contributed by atoms with van der Waals surface area (Å²) in [5, 5.41) is 10.5. The predicted octanol–water partition coefficient (Wildman–Crippen LogP) is 1.65. The average Bonchev–Trinajstić information content (AvgIpc) is 2.83. The van der Waals surface area contributed by atoms with Gasteiger partial charge in [-0.2, -0.15) is 15.4 Å². The minimum atomic E-state index is -0.141. The predicted molar refractivity (Wildman–Crippen MR) is 70.7 cm³/mol. The molecule has 0 amide bonds. The van der Waals surface area contributed by atoms with Crippen LogP contribution in [0.4, 0.5) is 0 Å². The van der Waals surface area contributed by atoms with Crippen molar-refractivity contribution in [1.82, 2.24) is 20.8 Å². The number of H-pyrrole nitrogens is 1. The Kier molecular flexibility index (Phi) is 3.45. The first-order valence-corrected chi connectivity index (χ1v) is 5.94. The lowest BCUT2D eigenvalue weighted by molar-refractivity contribution is 0.586. The van der Waals surface area contributed by atoms with Gasteiger partial charge in [-0.3, -0.25) is 5.84 Å². The molecular weight excluding hydrogens is 226 g/mol. The van der Waals surface area contributed by atoms with Gasteiger partial charge < -0.3 is 0 Å². The van der Waals surface area contributed by atoms with Crippen LogP contribution in [-0.4, -0.2) is 15.4 Å². The molecule has 0 aliphatic rings. The van der Waals surface area contributed by atoms with E-state index >= 15 is 0 Å². The fourth-order valence-electron chi connectivity index (χ4n) is 1.88. The normalized spacial score (nSPS) is 13.6. The molecular formula is C13H19N5. The summed E-state index contributed by atoms with van der Waals surface area (Å²) in [5.74, 6) is 5.59. The zero-order chi connectivity index (χ0) is 13.2. The highest BCUT2D eigenvalue weighted by Crippen LogP contribution is 2.25. The Morgan fingerprint density at radius 3 is 2.33 bits per heavy atom. The monoisotopic (exact) mass is 245 g/mol. The van der Waals surface area contributed by atoms with Crippen molar-refractivity contribution in [2.75, 3.05) is 0 Å². The summed E-state index contributed by atoms with van der Waals surface area (Å²) in [7, 11) is 0. The van der Waals surface area contributed by atoms with E-state index in [1.165, 1.54) is 5.56 Å². The highest BCUT2D eigenvalue weighted by Gasteiger charge is 2.17. The second-order valence-electron chi connectivity index (χ2n) is 5.37. The second-order valence-corrected chi connectivity index (χ2v) is 5.37. The molecule has 2 aromatic rings. The van der Waals surface area contributed by atoms with Crippen molar-refractivity contribution in [2.45, 2.75) is 32.2 Å².